The molecule has 0 aliphatic heterocycles. The smallest absolute Gasteiger partial charge is 0.0963 e. The summed E-state index contributed by atoms with van der Waals surface area (Å²) in [6, 6.07) is 4.17. The summed E-state index contributed by atoms with van der Waals surface area (Å²) in [4.78, 5) is 9.04. The zero-order chi connectivity index (χ0) is 12.8. The molecule has 2 aromatic rings. The van der Waals surface area contributed by atoms with Crippen LogP contribution in [-0.2, 0) is 12.2 Å². The zero-order valence-electron chi connectivity index (χ0n) is 10.8. The monoisotopic (exact) mass is 278 g/mol. The van der Waals surface area contributed by atoms with Crippen molar-refractivity contribution < 1.29 is 0 Å². The Labute approximate surface area is 117 Å². The van der Waals surface area contributed by atoms with E-state index in [9.17, 15) is 0 Å². The van der Waals surface area contributed by atoms with E-state index < -0.39 is 0 Å². The molecule has 0 atom stereocenters. The molecular weight excluding hydrogens is 260 g/mol. The van der Waals surface area contributed by atoms with Crippen LogP contribution in [-0.4, -0.2) is 9.97 Å². The number of unbranched alkanes of at least 4 members (excludes halogenated alkanes) is 1. The van der Waals surface area contributed by atoms with E-state index in [1.807, 2.05) is 6.20 Å². The zero-order valence-corrected chi connectivity index (χ0v) is 12.5. The summed E-state index contributed by atoms with van der Waals surface area (Å²) < 4.78 is 0. The van der Waals surface area contributed by atoms with Gasteiger partial charge in [0.25, 0.3) is 0 Å². The van der Waals surface area contributed by atoms with Crippen LogP contribution in [0.4, 0.5) is 0 Å². The van der Waals surface area contributed by atoms with Gasteiger partial charge in [0.15, 0.2) is 0 Å². The van der Waals surface area contributed by atoms with Crippen molar-refractivity contribution in [1.82, 2.24) is 9.97 Å². The fraction of sp³-hybridized carbons (Fsp3) is 0.429. The number of rotatable bonds is 6. The van der Waals surface area contributed by atoms with Gasteiger partial charge in [0, 0.05) is 17.3 Å². The Morgan fingerprint density at radius 3 is 2.94 bits per heavy atom. The SMILES string of the molecule is CCCCc1nc(CSc2ccc(C)cn2)cs1. The first kappa shape index (κ1) is 13.6. The molecule has 96 valence electrons. The molecule has 0 bridgehead atoms. The van der Waals surface area contributed by atoms with Crippen LogP contribution in [0.2, 0.25) is 0 Å². The van der Waals surface area contributed by atoms with Crippen molar-refractivity contribution in [3.8, 4) is 0 Å². The van der Waals surface area contributed by atoms with E-state index in [-0.39, 0.29) is 0 Å². The Hall–Kier alpha value is -0.870. The van der Waals surface area contributed by atoms with Crippen molar-refractivity contribution >= 4 is 23.1 Å². The van der Waals surface area contributed by atoms with Crippen LogP contribution in [0.15, 0.2) is 28.7 Å². The van der Waals surface area contributed by atoms with Crippen molar-refractivity contribution in [3.05, 3.63) is 40.0 Å². The van der Waals surface area contributed by atoms with Crippen LogP contribution in [0.3, 0.4) is 0 Å². The number of aromatic nitrogens is 2. The quantitative estimate of drug-likeness (QED) is 0.729. The molecule has 4 heteroatoms. The summed E-state index contributed by atoms with van der Waals surface area (Å²) >= 11 is 3.53. The van der Waals surface area contributed by atoms with Gasteiger partial charge in [-0.2, -0.15) is 0 Å². The Morgan fingerprint density at radius 2 is 2.22 bits per heavy atom. The first-order valence-corrected chi connectivity index (χ1v) is 8.13. The molecule has 2 rings (SSSR count). The van der Waals surface area contributed by atoms with Crippen molar-refractivity contribution in [3.63, 3.8) is 0 Å². The molecular formula is C14H18N2S2. The third kappa shape index (κ3) is 4.10. The minimum Gasteiger partial charge on any atom is -0.250 e. The Kier molecular flexibility index (Phi) is 5.20. The summed E-state index contributed by atoms with van der Waals surface area (Å²) in [5, 5.41) is 4.51. The second-order valence-electron chi connectivity index (χ2n) is 4.30. The molecule has 0 saturated carbocycles. The van der Waals surface area contributed by atoms with Gasteiger partial charge in [-0.3, -0.25) is 0 Å². The normalized spacial score (nSPS) is 10.8. The van der Waals surface area contributed by atoms with Crippen LogP contribution in [0.25, 0.3) is 0 Å². The molecule has 0 aromatic carbocycles. The lowest BCUT2D eigenvalue weighted by molar-refractivity contribution is 0.788. The molecule has 0 N–H and O–H groups in total. The van der Waals surface area contributed by atoms with Crippen LogP contribution in [0, 0.1) is 6.92 Å². The van der Waals surface area contributed by atoms with Gasteiger partial charge < -0.3 is 0 Å². The molecule has 2 nitrogen and oxygen atoms in total. The van der Waals surface area contributed by atoms with E-state index in [4.69, 9.17) is 0 Å². The molecule has 18 heavy (non-hydrogen) atoms. The molecule has 0 aliphatic rings. The summed E-state index contributed by atoms with van der Waals surface area (Å²) in [5.74, 6) is 0.915. The van der Waals surface area contributed by atoms with Crippen molar-refractivity contribution in [2.24, 2.45) is 0 Å². The molecule has 0 unspecified atom stereocenters. The highest BCUT2D eigenvalue weighted by atomic mass is 32.2. The minimum absolute atomic E-state index is 0.915. The fourth-order valence-electron chi connectivity index (χ4n) is 1.55. The Balaban J connectivity index is 1.86. The fourth-order valence-corrected chi connectivity index (χ4v) is 3.23. The lowest BCUT2D eigenvalue weighted by atomic mass is 10.3. The standard InChI is InChI=1S/C14H18N2S2/c1-3-4-5-14-16-12(10-18-14)9-17-13-7-6-11(2)8-15-13/h6-8,10H,3-5,9H2,1-2H3. The highest BCUT2D eigenvalue weighted by Gasteiger charge is 2.03. The van der Waals surface area contributed by atoms with Gasteiger partial charge in [-0.15, -0.1) is 23.1 Å². The van der Waals surface area contributed by atoms with Gasteiger partial charge in [-0.25, -0.2) is 9.97 Å². The van der Waals surface area contributed by atoms with Gasteiger partial charge in [0.2, 0.25) is 0 Å². The summed E-state index contributed by atoms with van der Waals surface area (Å²) in [6.45, 7) is 4.27. The lowest BCUT2D eigenvalue weighted by Crippen LogP contribution is -1.87. The largest absolute Gasteiger partial charge is 0.250 e. The average molecular weight is 278 g/mol. The van der Waals surface area contributed by atoms with Gasteiger partial charge >= 0.3 is 0 Å². The maximum absolute atomic E-state index is 4.65. The molecule has 0 amide bonds. The predicted molar refractivity (Wildman–Crippen MR) is 79.3 cm³/mol. The summed E-state index contributed by atoms with van der Waals surface area (Å²) in [6.07, 6.45) is 5.50. The van der Waals surface area contributed by atoms with Crippen molar-refractivity contribution in [2.45, 2.75) is 43.9 Å². The van der Waals surface area contributed by atoms with Crippen LogP contribution >= 0.6 is 23.1 Å². The summed E-state index contributed by atoms with van der Waals surface area (Å²) in [7, 11) is 0. The predicted octanol–water partition coefficient (Wildman–Crippen LogP) is 4.48. The first-order valence-electron chi connectivity index (χ1n) is 6.26. The van der Waals surface area contributed by atoms with E-state index >= 15 is 0 Å². The number of pyridine rings is 1. The van der Waals surface area contributed by atoms with E-state index in [0.717, 1.165) is 17.2 Å². The minimum atomic E-state index is 0.915. The maximum atomic E-state index is 4.65. The first-order chi connectivity index (χ1) is 8.78. The molecule has 0 radical (unpaired) electrons. The van der Waals surface area contributed by atoms with E-state index in [1.54, 1.807) is 23.1 Å². The van der Waals surface area contributed by atoms with Crippen LogP contribution in [0.5, 0.6) is 0 Å². The highest BCUT2D eigenvalue weighted by molar-refractivity contribution is 7.98. The number of thioether (sulfide) groups is 1. The molecule has 0 fully saturated rings. The molecule has 0 spiro atoms. The molecule has 2 aromatic heterocycles. The van der Waals surface area contributed by atoms with E-state index in [2.05, 4.69) is 41.3 Å². The lowest BCUT2D eigenvalue weighted by Gasteiger charge is -1.98. The number of hydrogen-bond donors (Lipinski definition) is 0. The number of nitrogens with zero attached hydrogens (tertiary/aromatic N) is 2. The number of hydrogen-bond acceptors (Lipinski definition) is 4. The van der Waals surface area contributed by atoms with Crippen LogP contribution < -0.4 is 0 Å². The van der Waals surface area contributed by atoms with E-state index in [0.29, 0.717) is 0 Å². The molecule has 0 aliphatic carbocycles. The number of thiazole rings is 1. The third-order valence-electron chi connectivity index (χ3n) is 2.60. The van der Waals surface area contributed by atoms with Crippen LogP contribution in [0.1, 0.15) is 36.0 Å². The number of aryl methyl sites for hydroxylation is 2. The topological polar surface area (TPSA) is 25.8 Å². The average Bonchev–Trinajstić information content (AvgIpc) is 2.84. The Bertz CT molecular complexity index is 477. The van der Waals surface area contributed by atoms with Crippen molar-refractivity contribution in [2.75, 3.05) is 0 Å². The molecule has 0 saturated heterocycles. The highest BCUT2D eigenvalue weighted by Crippen LogP contribution is 2.22. The Morgan fingerprint density at radius 1 is 1.33 bits per heavy atom. The van der Waals surface area contributed by atoms with Crippen molar-refractivity contribution in [1.29, 1.82) is 0 Å². The second kappa shape index (κ2) is 6.90. The third-order valence-corrected chi connectivity index (χ3v) is 4.53. The van der Waals surface area contributed by atoms with Gasteiger partial charge in [0.05, 0.1) is 15.7 Å². The van der Waals surface area contributed by atoms with Gasteiger partial charge in [-0.1, -0.05) is 19.4 Å². The van der Waals surface area contributed by atoms with Gasteiger partial charge in [-0.05, 0) is 31.4 Å². The van der Waals surface area contributed by atoms with Gasteiger partial charge in [0.1, 0.15) is 0 Å². The summed E-state index contributed by atoms with van der Waals surface area (Å²) in [5.41, 5.74) is 2.38. The second-order valence-corrected chi connectivity index (χ2v) is 6.24. The van der Waals surface area contributed by atoms with E-state index in [1.165, 1.54) is 29.1 Å². The molecule has 2 heterocycles. The maximum Gasteiger partial charge on any atom is 0.0963 e.